The van der Waals surface area contributed by atoms with Gasteiger partial charge in [-0.25, -0.2) is 14.4 Å². The third-order valence-electron chi connectivity index (χ3n) is 2.99. The molecular formula is C13H11ClFN4OP. The van der Waals surface area contributed by atoms with Gasteiger partial charge in [-0.2, -0.15) is 4.98 Å². The lowest BCUT2D eigenvalue weighted by Crippen LogP contribution is -2.11. The molecule has 0 aromatic carbocycles. The molecule has 3 aromatic rings. The van der Waals surface area contributed by atoms with Crippen LogP contribution in [0.5, 0.6) is 0 Å². The highest BCUT2D eigenvalue weighted by molar-refractivity contribution is 7.69. The summed E-state index contributed by atoms with van der Waals surface area (Å²) in [5.41, 5.74) is 0.793. The molecule has 0 spiro atoms. The van der Waals surface area contributed by atoms with Crippen LogP contribution in [0.3, 0.4) is 0 Å². The summed E-state index contributed by atoms with van der Waals surface area (Å²) in [5.74, 6) is -0.0369. The number of aromatic nitrogens is 4. The fraction of sp³-hybridized carbons (Fsp3) is 0.154. The first-order valence-corrected chi connectivity index (χ1v) is 9.06. The van der Waals surface area contributed by atoms with E-state index >= 15 is 0 Å². The van der Waals surface area contributed by atoms with Crippen LogP contribution in [0.4, 0.5) is 4.39 Å². The van der Waals surface area contributed by atoms with E-state index in [1.165, 1.54) is 17.0 Å². The van der Waals surface area contributed by atoms with Gasteiger partial charge in [0.2, 0.25) is 5.28 Å². The Labute approximate surface area is 125 Å². The largest absolute Gasteiger partial charge is 0.318 e. The predicted octanol–water partition coefficient (Wildman–Crippen LogP) is 2.86. The van der Waals surface area contributed by atoms with Gasteiger partial charge < -0.3 is 4.57 Å². The van der Waals surface area contributed by atoms with Crippen LogP contribution in [-0.4, -0.2) is 32.8 Å². The van der Waals surface area contributed by atoms with Gasteiger partial charge >= 0.3 is 0 Å². The van der Waals surface area contributed by atoms with Crippen LogP contribution in [0.15, 0.2) is 30.6 Å². The second-order valence-electron chi connectivity index (χ2n) is 4.93. The van der Waals surface area contributed by atoms with E-state index in [4.69, 9.17) is 11.6 Å². The molecule has 0 aliphatic heterocycles. The first-order chi connectivity index (χ1) is 9.86. The van der Waals surface area contributed by atoms with Crippen LogP contribution >= 0.6 is 18.7 Å². The molecule has 0 aliphatic carbocycles. The molecule has 0 N–H and O–H groups in total. The van der Waals surface area contributed by atoms with Gasteiger partial charge in [-0.15, -0.1) is 0 Å². The summed E-state index contributed by atoms with van der Waals surface area (Å²) in [6, 6.07) is 5.10. The number of halogens is 2. The predicted molar refractivity (Wildman–Crippen MR) is 80.7 cm³/mol. The Kier molecular flexibility index (Phi) is 3.30. The fourth-order valence-corrected chi connectivity index (χ4v) is 2.89. The first kappa shape index (κ1) is 14.2. The van der Waals surface area contributed by atoms with Gasteiger partial charge in [-0.05, 0) is 37.1 Å². The summed E-state index contributed by atoms with van der Waals surface area (Å²) >= 11 is 5.77. The van der Waals surface area contributed by atoms with Crippen molar-refractivity contribution >= 4 is 35.2 Å². The molecular weight excluding hydrogens is 314 g/mol. The van der Waals surface area contributed by atoms with Gasteiger partial charge in [0.1, 0.15) is 18.4 Å². The summed E-state index contributed by atoms with van der Waals surface area (Å²) in [4.78, 5) is 12.1. The van der Waals surface area contributed by atoms with Gasteiger partial charge in [0.05, 0.1) is 5.39 Å². The van der Waals surface area contributed by atoms with Crippen molar-refractivity contribution < 1.29 is 8.96 Å². The van der Waals surface area contributed by atoms with E-state index in [2.05, 4.69) is 15.0 Å². The summed E-state index contributed by atoms with van der Waals surface area (Å²) in [6.07, 6.45) is 2.59. The molecule has 0 unspecified atom stereocenters. The summed E-state index contributed by atoms with van der Waals surface area (Å²) in [5, 5.41) is 0.275. The highest BCUT2D eigenvalue weighted by Crippen LogP contribution is 2.33. The molecule has 3 heterocycles. The maximum atomic E-state index is 13.9. The number of hydrogen-bond donors (Lipinski definition) is 0. The molecule has 0 amide bonds. The summed E-state index contributed by atoms with van der Waals surface area (Å²) in [6.45, 7) is 3.26. The normalized spacial score (nSPS) is 12.0. The Morgan fingerprint density at radius 3 is 2.76 bits per heavy atom. The van der Waals surface area contributed by atoms with Crippen LogP contribution in [0, 0.1) is 5.82 Å². The smallest absolute Gasteiger partial charge is 0.224 e. The van der Waals surface area contributed by atoms with Gasteiger partial charge in [0, 0.05) is 12.4 Å². The second-order valence-corrected chi connectivity index (χ2v) is 8.43. The lowest BCUT2D eigenvalue weighted by atomic mass is 10.4. The van der Waals surface area contributed by atoms with Crippen LogP contribution < -0.4 is 5.44 Å². The number of hydrogen-bond acceptors (Lipinski definition) is 4. The van der Waals surface area contributed by atoms with Gasteiger partial charge in [0.25, 0.3) is 0 Å². The SMILES string of the molecule is CP(C)(=O)c1cccc(-n2cc(F)c3cnc(Cl)nc32)n1. The van der Waals surface area contributed by atoms with Gasteiger partial charge in [0.15, 0.2) is 11.5 Å². The quantitative estimate of drug-likeness (QED) is 0.537. The Morgan fingerprint density at radius 2 is 2.05 bits per heavy atom. The lowest BCUT2D eigenvalue weighted by Gasteiger charge is -2.09. The van der Waals surface area contributed by atoms with Crippen molar-refractivity contribution in [3.05, 3.63) is 41.7 Å². The Balaban J connectivity index is 2.26. The molecule has 0 radical (unpaired) electrons. The first-order valence-electron chi connectivity index (χ1n) is 6.08. The Bertz CT molecular complexity index is 889. The van der Waals surface area contributed by atoms with Crippen LogP contribution in [0.25, 0.3) is 16.9 Å². The van der Waals surface area contributed by atoms with Crippen LogP contribution in [-0.2, 0) is 4.57 Å². The zero-order chi connectivity index (χ0) is 15.2. The average molecular weight is 325 g/mol. The van der Waals surface area contributed by atoms with Crippen molar-refractivity contribution in [3.63, 3.8) is 0 Å². The monoisotopic (exact) mass is 324 g/mol. The molecule has 0 aliphatic rings. The highest BCUT2D eigenvalue weighted by atomic mass is 35.5. The number of nitrogens with zero attached hydrogens (tertiary/aromatic N) is 4. The van der Waals surface area contributed by atoms with Crippen LogP contribution in [0.2, 0.25) is 5.28 Å². The molecule has 0 fully saturated rings. The second kappa shape index (κ2) is 4.90. The molecule has 0 saturated carbocycles. The van der Waals surface area contributed by atoms with E-state index in [1.54, 1.807) is 31.5 Å². The minimum Gasteiger partial charge on any atom is -0.318 e. The fourth-order valence-electron chi connectivity index (χ4n) is 1.97. The Morgan fingerprint density at radius 1 is 1.29 bits per heavy atom. The summed E-state index contributed by atoms with van der Waals surface area (Å²) < 4.78 is 27.5. The molecule has 3 rings (SSSR count). The molecule has 5 nitrogen and oxygen atoms in total. The minimum absolute atomic E-state index is 0.0228. The molecule has 0 saturated heterocycles. The van der Waals surface area contributed by atoms with Gasteiger partial charge in [-0.3, -0.25) is 4.57 Å². The van der Waals surface area contributed by atoms with E-state index < -0.39 is 13.0 Å². The maximum absolute atomic E-state index is 13.9. The number of rotatable bonds is 2. The van der Waals surface area contributed by atoms with E-state index in [0.29, 0.717) is 16.9 Å². The number of pyridine rings is 1. The van der Waals surface area contributed by atoms with Crippen molar-refractivity contribution in [1.29, 1.82) is 0 Å². The molecule has 0 bridgehead atoms. The summed E-state index contributed by atoms with van der Waals surface area (Å²) in [7, 11) is -2.51. The molecule has 8 heteroatoms. The van der Waals surface area contributed by atoms with Crippen molar-refractivity contribution in [2.45, 2.75) is 0 Å². The minimum atomic E-state index is -2.51. The topological polar surface area (TPSA) is 60.7 Å². The van der Waals surface area contributed by atoms with E-state index in [0.717, 1.165) is 0 Å². The number of fused-ring (bicyclic) bond motifs is 1. The zero-order valence-corrected chi connectivity index (χ0v) is 12.9. The van der Waals surface area contributed by atoms with Crippen molar-refractivity contribution in [2.75, 3.05) is 13.3 Å². The molecule has 21 heavy (non-hydrogen) atoms. The lowest BCUT2D eigenvalue weighted by molar-refractivity contribution is 0.587. The van der Waals surface area contributed by atoms with Crippen LogP contribution in [0.1, 0.15) is 0 Å². The third kappa shape index (κ3) is 2.57. The van der Waals surface area contributed by atoms with Gasteiger partial charge in [-0.1, -0.05) is 6.07 Å². The molecule has 3 aromatic heterocycles. The van der Waals surface area contributed by atoms with E-state index in [9.17, 15) is 8.96 Å². The molecule has 108 valence electrons. The van der Waals surface area contributed by atoms with E-state index in [1.807, 2.05) is 0 Å². The van der Waals surface area contributed by atoms with Crippen molar-refractivity contribution in [2.24, 2.45) is 0 Å². The van der Waals surface area contributed by atoms with Crippen molar-refractivity contribution in [3.8, 4) is 5.82 Å². The van der Waals surface area contributed by atoms with Crippen molar-refractivity contribution in [1.82, 2.24) is 19.5 Å². The highest BCUT2D eigenvalue weighted by Gasteiger charge is 2.16. The third-order valence-corrected chi connectivity index (χ3v) is 4.52. The van der Waals surface area contributed by atoms with E-state index in [-0.39, 0.29) is 10.7 Å². The standard InChI is InChI=1S/C13H11ClFN4OP/c1-21(2,20)11-5-3-4-10(17-11)19-7-9(15)8-6-16-13(14)18-12(8)19/h3-7H,1-2H3. The zero-order valence-electron chi connectivity index (χ0n) is 11.3. The average Bonchev–Trinajstić information content (AvgIpc) is 2.75. The maximum Gasteiger partial charge on any atom is 0.224 e. The Hall–Kier alpha value is -1.78. The molecule has 0 atom stereocenters.